The van der Waals surface area contributed by atoms with Crippen molar-refractivity contribution in [1.29, 1.82) is 5.26 Å². The van der Waals surface area contributed by atoms with E-state index in [0.29, 0.717) is 12.2 Å². The Morgan fingerprint density at radius 2 is 2.42 bits per heavy atom. The van der Waals surface area contributed by atoms with Gasteiger partial charge in [-0.1, -0.05) is 6.92 Å². The summed E-state index contributed by atoms with van der Waals surface area (Å²) >= 11 is 1.29. The normalized spacial score (nSPS) is 14.8. The molecular formula is C7H12N2O2S. The summed E-state index contributed by atoms with van der Waals surface area (Å²) in [7, 11) is 0. The number of rotatable bonds is 5. The number of hydrogen-bond donors (Lipinski definition) is 2. The molecule has 68 valence electrons. The van der Waals surface area contributed by atoms with Gasteiger partial charge in [-0.05, 0) is 6.42 Å². The minimum atomic E-state index is -1.02. The van der Waals surface area contributed by atoms with Gasteiger partial charge in [0.25, 0.3) is 0 Å². The van der Waals surface area contributed by atoms with E-state index >= 15 is 0 Å². The zero-order valence-electron chi connectivity index (χ0n) is 6.86. The molecule has 0 rings (SSSR count). The fourth-order valence-corrected chi connectivity index (χ4v) is 1.43. The van der Waals surface area contributed by atoms with E-state index in [1.807, 2.05) is 6.92 Å². The first-order chi connectivity index (χ1) is 5.61. The fraction of sp³-hybridized carbons (Fsp3) is 0.714. The fourth-order valence-electron chi connectivity index (χ4n) is 0.538. The molecule has 2 atom stereocenters. The molecule has 0 radical (unpaired) electrons. The third-order valence-corrected chi connectivity index (χ3v) is 2.70. The smallest absolute Gasteiger partial charge is 0.321 e. The van der Waals surface area contributed by atoms with Crippen LogP contribution in [0.1, 0.15) is 13.3 Å². The van der Waals surface area contributed by atoms with Gasteiger partial charge < -0.3 is 10.8 Å². The molecule has 0 heterocycles. The summed E-state index contributed by atoms with van der Waals surface area (Å²) in [5, 5.41) is 16.8. The monoisotopic (exact) mass is 188 g/mol. The van der Waals surface area contributed by atoms with E-state index < -0.39 is 12.0 Å². The lowest BCUT2D eigenvalue weighted by Crippen LogP contribution is -2.33. The minimum absolute atomic E-state index is 0.143. The van der Waals surface area contributed by atoms with Crippen molar-refractivity contribution in [2.75, 3.05) is 5.75 Å². The van der Waals surface area contributed by atoms with Crippen LogP contribution in [0.3, 0.4) is 0 Å². The standard InChI is InChI=1S/C7H12N2O2S/c1-2-5(3-8)12-4-6(9)7(10)11/h5-6H,2,4,9H2,1H3,(H,10,11)/t5?,6-/m1/s1. The van der Waals surface area contributed by atoms with Crippen LogP contribution in [0.5, 0.6) is 0 Å². The molecule has 0 amide bonds. The second-order valence-corrected chi connectivity index (χ2v) is 3.54. The highest BCUT2D eigenvalue weighted by molar-refractivity contribution is 8.00. The summed E-state index contributed by atoms with van der Waals surface area (Å²) in [5.41, 5.74) is 5.24. The average Bonchev–Trinajstić information content (AvgIpc) is 2.05. The molecule has 0 spiro atoms. The van der Waals surface area contributed by atoms with Gasteiger partial charge in [0.2, 0.25) is 0 Å². The van der Waals surface area contributed by atoms with E-state index in [1.165, 1.54) is 11.8 Å². The molecule has 0 aromatic carbocycles. The number of carboxylic acid groups (broad SMARTS) is 1. The number of carbonyl (C=O) groups is 1. The zero-order chi connectivity index (χ0) is 9.56. The number of aliphatic carboxylic acids is 1. The van der Waals surface area contributed by atoms with E-state index in [2.05, 4.69) is 6.07 Å². The summed E-state index contributed by atoms with van der Waals surface area (Å²) in [4.78, 5) is 10.3. The molecular weight excluding hydrogens is 176 g/mol. The maximum Gasteiger partial charge on any atom is 0.321 e. The van der Waals surface area contributed by atoms with Gasteiger partial charge in [-0.15, -0.1) is 11.8 Å². The van der Waals surface area contributed by atoms with Crippen LogP contribution in [-0.2, 0) is 4.79 Å². The third kappa shape index (κ3) is 4.21. The second kappa shape index (κ2) is 5.86. The van der Waals surface area contributed by atoms with Gasteiger partial charge in [0.05, 0.1) is 11.3 Å². The highest BCUT2D eigenvalue weighted by Gasteiger charge is 2.14. The first-order valence-corrected chi connectivity index (χ1v) is 4.66. The van der Waals surface area contributed by atoms with Gasteiger partial charge in [-0.3, -0.25) is 4.79 Å². The maximum atomic E-state index is 10.3. The van der Waals surface area contributed by atoms with Crippen LogP contribution in [0.2, 0.25) is 0 Å². The summed E-state index contributed by atoms with van der Waals surface area (Å²) in [6.07, 6.45) is 0.716. The number of thioether (sulfide) groups is 1. The lowest BCUT2D eigenvalue weighted by molar-refractivity contribution is -0.137. The number of nitrogens with two attached hydrogens (primary N) is 1. The van der Waals surface area contributed by atoms with Crippen molar-refractivity contribution >= 4 is 17.7 Å². The molecule has 4 nitrogen and oxygen atoms in total. The molecule has 0 aliphatic heterocycles. The number of nitrogens with zero attached hydrogens (tertiary/aromatic N) is 1. The van der Waals surface area contributed by atoms with Crippen molar-refractivity contribution in [1.82, 2.24) is 0 Å². The molecule has 0 aromatic rings. The topological polar surface area (TPSA) is 87.1 Å². The maximum absolute atomic E-state index is 10.3. The lowest BCUT2D eigenvalue weighted by atomic mass is 10.4. The first kappa shape index (κ1) is 11.3. The Labute approximate surface area is 75.7 Å². The Kier molecular flexibility index (Phi) is 5.51. The highest BCUT2D eigenvalue weighted by atomic mass is 32.2. The molecule has 0 bridgehead atoms. The van der Waals surface area contributed by atoms with E-state index in [-0.39, 0.29) is 5.25 Å². The van der Waals surface area contributed by atoms with Crippen molar-refractivity contribution in [2.45, 2.75) is 24.6 Å². The Morgan fingerprint density at radius 3 is 2.75 bits per heavy atom. The van der Waals surface area contributed by atoms with Crippen molar-refractivity contribution < 1.29 is 9.90 Å². The van der Waals surface area contributed by atoms with Crippen LogP contribution >= 0.6 is 11.8 Å². The minimum Gasteiger partial charge on any atom is -0.480 e. The van der Waals surface area contributed by atoms with Crippen LogP contribution in [0.25, 0.3) is 0 Å². The van der Waals surface area contributed by atoms with E-state index in [9.17, 15) is 4.79 Å². The average molecular weight is 188 g/mol. The van der Waals surface area contributed by atoms with Gasteiger partial charge in [-0.25, -0.2) is 0 Å². The van der Waals surface area contributed by atoms with Crippen LogP contribution in [-0.4, -0.2) is 28.1 Å². The van der Waals surface area contributed by atoms with E-state index in [1.54, 1.807) is 0 Å². The Bertz CT molecular complexity index is 190. The summed E-state index contributed by atoms with van der Waals surface area (Å²) < 4.78 is 0. The quantitative estimate of drug-likeness (QED) is 0.653. The van der Waals surface area contributed by atoms with Crippen molar-refractivity contribution in [3.63, 3.8) is 0 Å². The van der Waals surface area contributed by atoms with Crippen LogP contribution in [0.15, 0.2) is 0 Å². The number of hydrogen-bond acceptors (Lipinski definition) is 4. The SMILES string of the molecule is CCC(C#N)SC[C@@H](N)C(=O)O. The molecule has 3 N–H and O–H groups in total. The van der Waals surface area contributed by atoms with Gasteiger partial charge in [-0.2, -0.15) is 5.26 Å². The molecule has 5 heteroatoms. The summed E-state index contributed by atoms with van der Waals surface area (Å²) in [6, 6.07) is 1.20. The summed E-state index contributed by atoms with van der Waals surface area (Å²) in [5.74, 6) is -0.725. The van der Waals surface area contributed by atoms with Gasteiger partial charge in [0.15, 0.2) is 0 Å². The molecule has 0 saturated heterocycles. The van der Waals surface area contributed by atoms with Crippen molar-refractivity contribution in [3.8, 4) is 6.07 Å². The van der Waals surface area contributed by atoms with Crippen LogP contribution in [0.4, 0.5) is 0 Å². The molecule has 0 aliphatic rings. The molecule has 0 aromatic heterocycles. The van der Waals surface area contributed by atoms with Crippen molar-refractivity contribution in [3.05, 3.63) is 0 Å². The summed E-state index contributed by atoms with van der Waals surface area (Å²) in [6.45, 7) is 1.88. The Hall–Kier alpha value is -0.730. The van der Waals surface area contributed by atoms with Crippen molar-refractivity contribution in [2.24, 2.45) is 5.73 Å². The Morgan fingerprint density at radius 1 is 1.83 bits per heavy atom. The number of carboxylic acids is 1. The molecule has 0 saturated carbocycles. The van der Waals surface area contributed by atoms with Gasteiger partial charge >= 0.3 is 5.97 Å². The van der Waals surface area contributed by atoms with Crippen LogP contribution in [0, 0.1) is 11.3 Å². The van der Waals surface area contributed by atoms with Crippen LogP contribution < -0.4 is 5.73 Å². The Balaban J connectivity index is 3.68. The third-order valence-electron chi connectivity index (χ3n) is 1.31. The molecule has 12 heavy (non-hydrogen) atoms. The predicted octanol–water partition coefficient (Wildman–Crippen LogP) is 0.434. The lowest BCUT2D eigenvalue weighted by Gasteiger charge is -2.08. The highest BCUT2D eigenvalue weighted by Crippen LogP contribution is 2.13. The van der Waals surface area contributed by atoms with Gasteiger partial charge in [0, 0.05) is 5.75 Å². The molecule has 1 unspecified atom stereocenters. The number of nitriles is 1. The molecule has 0 fully saturated rings. The van der Waals surface area contributed by atoms with Gasteiger partial charge in [0.1, 0.15) is 6.04 Å². The molecule has 0 aliphatic carbocycles. The first-order valence-electron chi connectivity index (χ1n) is 3.61. The zero-order valence-corrected chi connectivity index (χ0v) is 7.67. The van der Waals surface area contributed by atoms with E-state index in [4.69, 9.17) is 16.1 Å². The largest absolute Gasteiger partial charge is 0.480 e. The second-order valence-electron chi connectivity index (χ2n) is 2.30. The predicted molar refractivity (Wildman–Crippen MR) is 47.8 cm³/mol. The van der Waals surface area contributed by atoms with E-state index in [0.717, 1.165) is 0 Å².